The zero-order valence-electron chi connectivity index (χ0n) is 15.0. The second kappa shape index (κ2) is 7.60. The number of imidazole rings is 1. The van der Waals surface area contributed by atoms with Gasteiger partial charge in [-0.2, -0.15) is 0 Å². The quantitative estimate of drug-likeness (QED) is 0.617. The lowest BCUT2D eigenvalue weighted by Gasteiger charge is -2.43. The molecular weight excluding hydrogens is 361 g/mol. The van der Waals surface area contributed by atoms with Crippen molar-refractivity contribution in [1.29, 1.82) is 0 Å². The van der Waals surface area contributed by atoms with Gasteiger partial charge in [0.05, 0.1) is 18.6 Å². The Bertz CT molecular complexity index is 849. The van der Waals surface area contributed by atoms with Gasteiger partial charge < -0.3 is 19.6 Å². The molecule has 1 aromatic carbocycles. The van der Waals surface area contributed by atoms with E-state index in [1.807, 2.05) is 6.92 Å². The summed E-state index contributed by atoms with van der Waals surface area (Å²) in [7, 11) is 0. The predicted octanol–water partition coefficient (Wildman–Crippen LogP) is 3.16. The highest BCUT2D eigenvalue weighted by Crippen LogP contribution is 2.45. The molecule has 0 saturated carbocycles. The van der Waals surface area contributed by atoms with Crippen LogP contribution in [-0.4, -0.2) is 36.5 Å². The Balaban J connectivity index is 0.000000596. The number of hydrogen-bond donors (Lipinski definition) is 2. The largest absolute Gasteiger partial charge is 0.487 e. The van der Waals surface area contributed by atoms with Gasteiger partial charge in [-0.3, -0.25) is 0 Å². The van der Waals surface area contributed by atoms with Gasteiger partial charge in [-0.25, -0.2) is 14.2 Å². The molecular formula is C17H20FN3O6. The van der Waals surface area contributed by atoms with E-state index < -0.39 is 16.7 Å². The van der Waals surface area contributed by atoms with Crippen LogP contribution in [0.2, 0.25) is 0 Å². The number of carboxylic acid groups (broad SMARTS) is 1. The number of hydrogen-bond acceptors (Lipinski definition) is 5. The Hall–Kier alpha value is -3.17. The van der Waals surface area contributed by atoms with E-state index in [2.05, 4.69) is 18.8 Å². The molecule has 0 fully saturated rings. The van der Waals surface area contributed by atoms with Gasteiger partial charge in [0.15, 0.2) is 0 Å². The summed E-state index contributed by atoms with van der Waals surface area (Å²) in [5, 5.41) is 23.0. The Morgan fingerprint density at radius 3 is 2.70 bits per heavy atom. The molecule has 1 aliphatic rings. The Labute approximate surface area is 154 Å². The van der Waals surface area contributed by atoms with E-state index in [0.29, 0.717) is 17.7 Å². The molecule has 1 aromatic heterocycles. The first-order valence-electron chi connectivity index (χ1n) is 8.12. The smallest absolute Gasteiger partial charge is 0.354 e. The van der Waals surface area contributed by atoms with Gasteiger partial charge in [-0.15, -0.1) is 10.1 Å². The third-order valence-corrected chi connectivity index (χ3v) is 4.71. The molecule has 10 heteroatoms. The van der Waals surface area contributed by atoms with Crippen LogP contribution in [0.25, 0.3) is 0 Å². The molecule has 0 spiro atoms. The third kappa shape index (κ3) is 4.33. The monoisotopic (exact) mass is 381 g/mol. The molecule has 2 aromatic rings. The number of ether oxygens (including phenoxy) is 1. The highest BCUT2D eigenvalue weighted by molar-refractivity contribution is 5.85. The van der Waals surface area contributed by atoms with Gasteiger partial charge in [0.1, 0.15) is 22.9 Å². The van der Waals surface area contributed by atoms with Crippen molar-refractivity contribution in [2.75, 3.05) is 0 Å². The molecule has 0 amide bonds. The number of carbonyl (C=O) groups is 1. The Morgan fingerprint density at radius 1 is 1.52 bits per heavy atom. The van der Waals surface area contributed by atoms with Crippen LogP contribution in [0, 0.1) is 21.8 Å². The van der Waals surface area contributed by atoms with Crippen molar-refractivity contribution in [3.05, 3.63) is 57.9 Å². The summed E-state index contributed by atoms with van der Waals surface area (Å²) in [6.45, 7) is 6.10. The van der Waals surface area contributed by atoms with Gasteiger partial charge in [-0.1, -0.05) is 13.8 Å². The molecule has 27 heavy (non-hydrogen) atoms. The summed E-state index contributed by atoms with van der Waals surface area (Å²) < 4.78 is 21.4. The first kappa shape index (κ1) is 20.1. The Kier molecular flexibility index (Phi) is 5.67. The third-order valence-electron chi connectivity index (χ3n) is 4.71. The maximum Gasteiger partial charge on any atom is 0.354 e. The van der Waals surface area contributed by atoms with Crippen LogP contribution in [0.5, 0.6) is 5.75 Å². The molecule has 2 heterocycles. The van der Waals surface area contributed by atoms with E-state index in [0.717, 1.165) is 0 Å². The molecule has 1 aliphatic heterocycles. The zero-order chi connectivity index (χ0) is 20.4. The minimum atomic E-state index is -1.50. The molecule has 0 bridgehead atoms. The average molecular weight is 381 g/mol. The summed E-state index contributed by atoms with van der Waals surface area (Å²) in [5.74, 6) is -0.635. The van der Waals surface area contributed by atoms with E-state index in [1.54, 1.807) is 10.6 Å². The van der Waals surface area contributed by atoms with Crippen LogP contribution in [0.4, 0.5) is 4.39 Å². The van der Waals surface area contributed by atoms with Gasteiger partial charge in [0.25, 0.3) is 5.09 Å². The van der Waals surface area contributed by atoms with Crippen LogP contribution in [0.15, 0.2) is 30.7 Å². The predicted molar refractivity (Wildman–Crippen MR) is 91.0 cm³/mol. The maximum absolute atomic E-state index is 13.7. The molecule has 2 unspecified atom stereocenters. The van der Waals surface area contributed by atoms with Crippen molar-refractivity contribution in [3.63, 3.8) is 0 Å². The number of aromatic nitrogens is 2. The highest BCUT2D eigenvalue weighted by Gasteiger charge is 2.41. The highest BCUT2D eigenvalue weighted by atomic mass is 19.1. The molecule has 0 radical (unpaired) electrons. The first-order valence-corrected chi connectivity index (χ1v) is 8.12. The number of aromatic carboxylic acids is 1. The van der Waals surface area contributed by atoms with Crippen molar-refractivity contribution in [1.82, 2.24) is 9.55 Å². The Morgan fingerprint density at radius 2 is 2.15 bits per heavy atom. The summed E-state index contributed by atoms with van der Waals surface area (Å²) in [4.78, 5) is 23.7. The number of fused-ring (bicyclic) bond motifs is 1. The van der Waals surface area contributed by atoms with Gasteiger partial charge in [0.2, 0.25) is 0 Å². The number of rotatable bonds is 3. The second-order valence-electron chi connectivity index (χ2n) is 6.70. The second-order valence-corrected chi connectivity index (χ2v) is 6.70. The summed E-state index contributed by atoms with van der Waals surface area (Å²) >= 11 is 0. The average Bonchev–Trinajstić information content (AvgIpc) is 3.03. The van der Waals surface area contributed by atoms with Crippen LogP contribution < -0.4 is 4.74 Å². The van der Waals surface area contributed by atoms with Crippen molar-refractivity contribution < 1.29 is 29.3 Å². The van der Waals surface area contributed by atoms with Crippen molar-refractivity contribution in [2.45, 2.75) is 38.8 Å². The van der Waals surface area contributed by atoms with Crippen LogP contribution in [0.3, 0.4) is 0 Å². The first-order chi connectivity index (χ1) is 12.5. The molecule has 2 atom stereocenters. The van der Waals surface area contributed by atoms with Crippen LogP contribution in [-0.2, 0) is 0 Å². The lowest BCUT2D eigenvalue weighted by Crippen LogP contribution is -2.44. The number of benzene rings is 1. The summed E-state index contributed by atoms with van der Waals surface area (Å²) in [6.07, 6.45) is 3.33. The summed E-state index contributed by atoms with van der Waals surface area (Å²) in [5.41, 5.74) is 0.247. The molecule has 146 valence electrons. The van der Waals surface area contributed by atoms with E-state index >= 15 is 0 Å². The van der Waals surface area contributed by atoms with Crippen molar-refractivity contribution in [2.24, 2.45) is 5.92 Å². The number of halogens is 1. The standard InChI is InChI=1S/C17H19FN2O3.HNO3/c1-10(2)17(3)7-13(20-9-19-8-14(20)16(21)22)12-6-11(18)4-5-15(12)23-17;2-1(3)4/h4-6,8-10,13H,7H2,1-3H3,(H,21,22);(H,2,3,4). The van der Waals surface area contributed by atoms with E-state index in [9.17, 15) is 14.3 Å². The topological polar surface area (TPSA) is 128 Å². The van der Waals surface area contributed by atoms with Crippen LogP contribution >= 0.6 is 0 Å². The van der Waals surface area contributed by atoms with Crippen LogP contribution in [0.1, 0.15) is 49.3 Å². The molecule has 3 rings (SSSR count). The molecule has 0 saturated heterocycles. The fraction of sp³-hybridized carbons (Fsp3) is 0.412. The zero-order valence-corrected chi connectivity index (χ0v) is 15.0. The minimum absolute atomic E-state index is 0.0817. The van der Waals surface area contributed by atoms with Gasteiger partial charge in [-0.05, 0) is 31.0 Å². The fourth-order valence-corrected chi connectivity index (χ4v) is 2.98. The number of nitrogens with zero attached hydrogens (tertiary/aromatic N) is 3. The van der Waals surface area contributed by atoms with Crippen molar-refractivity contribution in [3.8, 4) is 5.75 Å². The van der Waals surface area contributed by atoms with Gasteiger partial charge >= 0.3 is 5.97 Å². The molecule has 2 N–H and O–H groups in total. The minimum Gasteiger partial charge on any atom is -0.487 e. The molecule has 9 nitrogen and oxygen atoms in total. The number of carboxylic acids is 1. The van der Waals surface area contributed by atoms with E-state index in [4.69, 9.17) is 20.1 Å². The van der Waals surface area contributed by atoms with E-state index in [-0.39, 0.29) is 23.5 Å². The molecule has 0 aliphatic carbocycles. The normalized spacial score (nSPS) is 20.9. The summed E-state index contributed by atoms with van der Waals surface area (Å²) in [6, 6.07) is 4.03. The van der Waals surface area contributed by atoms with Gasteiger partial charge in [0, 0.05) is 12.0 Å². The maximum atomic E-state index is 13.7. The lowest BCUT2D eigenvalue weighted by atomic mass is 9.81. The fourth-order valence-electron chi connectivity index (χ4n) is 2.98. The van der Waals surface area contributed by atoms with E-state index in [1.165, 1.54) is 24.7 Å². The van der Waals surface area contributed by atoms with Crippen molar-refractivity contribution >= 4 is 5.97 Å². The lowest BCUT2D eigenvalue weighted by molar-refractivity contribution is -0.742. The SMILES string of the molecule is CC(C)C1(C)CC(n2cncc2C(=O)O)c2cc(F)ccc2O1.O=[N+]([O-])O.